The highest BCUT2D eigenvalue weighted by molar-refractivity contribution is 14.0. The largest absolute Gasteiger partial charge is 0.497 e. The van der Waals surface area contributed by atoms with E-state index >= 15 is 0 Å². The second kappa shape index (κ2) is 13.1. The highest BCUT2D eigenvalue weighted by Gasteiger charge is 2.20. The number of guanidine groups is 1. The van der Waals surface area contributed by atoms with Crippen molar-refractivity contribution in [3.63, 3.8) is 0 Å². The predicted octanol–water partition coefficient (Wildman–Crippen LogP) is 2.66. The Hall–Kier alpha value is -2.30. The Morgan fingerprint density at radius 1 is 1.07 bits per heavy atom. The van der Waals surface area contributed by atoms with Crippen molar-refractivity contribution >= 4 is 35.9 Å². The number of halogens is 1. The number of hydrogen-bond acceptors (Lipinski definition) is 6. The normalized spacial score (nSPS) is 14.1. The zero-order valence-electron chi connectivity index (χ0n) is 17.7. The van der Waals surface area contributed by atoms with Crippen LogP contribution >= 0.6 is 24.0 Å². The lowest BCUT2D eigenvalue weighted by Crippen LogP contribution is -2.53. The van der Waals surface area contributed by atoms with E-state index in [1.807, 2.05) is 30.3 Å². The lowest BCUT2D eigenvalue weighted by atomic mass is 10.3. The molecular weight excluding hydrogens is 495 g/mol. The SMILES string of the molecule is CCNC(=NCCCOc1ccc(OC)cc1)N1CCN(c2ncccn2)CC1.I. The molecule has 0 saturated carbocycles. The van der Waals surface area contributed by atoms with Gasteiger partial charge in [0.05, 0.1) is 13.7 Å². The minimum absolute atomic E-state index is 0. The van der Waals surface area contributed by atoms with Crippen LogP contribution in [0.15, 0.2) is 47.7 Å². The van der Waals surface area contributed by atoms with E-state index in [1.165, 1.54) is 0 Å². The van der Waals surface area contributed by atoms with Gasteiger partial charge >= 0.3 is 0 Å². The van der Waals surface area contributed by atoms with Gasteiger partial charge in [-0.05, 0) is 37.3 Å². The number of nitrogens with one attached hydrogen (secondary N) is 1. The monoisotopic (exact) mass is 526 g/mol. The van der Waals surface area contributed by atoms with Crippen LogP contribution in [0.2, 0.25) is 0 Å². The molecule has 1 aliphatic heterocycles. The molecule has 1 aromatic carbocycles. The molecule has 2 heterocycles. The lowest BCUT2D eigenvalue weighted by Gasteiger charge is -2.36. The van der Waals surface area contributed by atoms with E-state index in [1.54, 1.807) is 19.5 Å². The first kappa shape index (κ1) is 24.0. The number of piperazine rings is 1. The van der Waals surface area contributed by atoms with E-state index < -0.39 is 0 Å². The number of ether oxygens (including phenoxy) is 2. The van der Waals surface area contributed by atoms with Gasteiger partial charge in [0.1, 0.15) is 11.5 Å². The number of benzene rings is 1. The number of aliphatic imine (C=N–C) groups is 1. The van der Waals surface area contributed by atoms with Crippen LogP contribution < -0.4 is 19.7 Å². The molecule has 1 fully saturated rings. The van der Waals surface area contributed by atoms with Crippen molar-refractivity contribution in [2.24, 2.45) is 4.99 Å². The molecule has 0 amide bonds. The maximum atomic E-state index is 5.78. The van der Waals surface area contributed by atoms with Crippen LogP contribution in [0, 0.1) is 0 Å². The van der Waals surface area contributed by atoms with E-state index in [0.29, 0.717) is 6.61 Å². The van der Waals surface area contributed by atoms with Gasteiger partial charge < -0.3 is 24.6 Å². The lowest BCUT2D eigenvalue weighted by molar-refractivity contribution is 0.312. The van der Waals surface area contributed by atoms with Crippen LogP contribution in [0.5, 0.6) is 11.5 Å². The van der Waals surface area contributed by atoms with Crippen molar-refractivity contribution < 1.29 is 9.47 Å². The summed E-state index contributed by atoms with van der Waals surface area (Å²) in [6, 6.07) is 9.48. The number of nitrogens with zero attached hydrogens (tertiary/aromatic N) is 5. The zero-order valence-corrected chi connectivity index (χ0v) is 20.0. The Morgan fingerprint density at radius 2 is 1.73 bits per heavy atom. The van der Waals surface area contributed by atoms with Gasteiger partial charge in [-0.15, -0.1) is 24.0 Å². The second-order valence-corrected chi connectivity index (χ2v) is 6.64. The molecule has 1 aromatic heterocycles. The van der Waals surface area contributed by atoms with Crippen molar-refractivity contribution in [3.05, 3.63) is 42.7 Å². The Kier molecular flexibility index (Phi) is 10.5. The van der Waals surface area contributed by atoms with Crippen LogP contribution in [0.3, 0.4) is 0 Å². The fourth-order valence-corrected chi connectivity index (χ4v) is 3.11. The Balaban J connectivity index is 0.00000320. The smallest absolute Gasteiger partial charge is 0.225 e. The molecular formula is C21H31IN6O2. The average molecular weight is 526 g/mol. The number of anilines is 1. The summed E-state index contributed by atoms with van der Waals surface area (Å²) in [7, 11) is 1.66. The first-order valence-corrected chi connectivity index (χ1v) is 10.1. The molecule has 164 valence electrons. The van der Waals surface area contributed by atoms with E-state index in [2.05, 4.69) is 32.0 Å². The first-order valence-electron chi connectivity index (χ1n) is 10.1. The van der Waals surface area contributed by atoms with E-state index in [9.17, 15) is 0 Å². The standard InChI is InChI=1S/C21H30N6O2.HI/c1-3-22-20(25-12-5-17-29-19-8-6-18(28-2)7-9-19)26-13-15-27(16-14-26)21-23-10-4-11-24-21;/h4,6-11H,3,5,12-17H2,1-2H3,(H,22,25);1H. The summed E-state index contributed by atoms with van der Waals surface area (Å²) in [4.78, 5) is 18.0. The van der Waals surface area contributed by atoms with Gasteiger partial charge in [0.2, 0.25) is 5.95 Å². The summed E-state index contributed by atoms with van der Waals surface area (Å²) in [5, 5.41) is 3.40. The van der Waals surface area contributed by atoms with E-state index in [0.717, 1.165) is 69.1 Å². The number of rotatable bonds is 8. The molecule has 0 unspecified atom stereocenters. The summed E-state index contributed by atoms with van der Waals surface area (Å²) in [6.45, 7) is 7.86. The molecule has 8 nitrogen and oxygen atoms in total. The summed E-state index contributed by atoms with van der Waals surface area (Å²) < 4.78 is 10.9. The van der Waals surface area contributed by atoms with Crippen LogP contribution in [0.1, 0.15) is 13.3 Å². The van der Waals surface area contributed by atoms with Crippen molar-refractivity contribution in [3.8, 4) is 11.5 Å². The second-order valence-electron chi connectivity index (χ2n) is 6.64. The topological polar surface area (TPSA) is 75.1 Å². The van der Waals surface area contributed by atoms with Crippen molar-refractivity contribution in [1.29, 1.82) is 0 Å². The molecule has 0 spiro atoms. The summed E-state index contributed by atoms with van der Waals surface area (Å²) in [5.74, 6) is 3.44. The number of aromatic nitrogens is 2. The molecule has 30 heavy (non-hydrogen) atoms. The van der Waals surface area contributed by atoms with E-state index in [4.69, 9.17) is 14.5 Å². The van der Waals surface area contributed by atoms with Crippen LogP contribution in [-0.4, -0.2) is 73.8 Å². The molecule has 1 aliphatic rings. The van der Waals surface area contributed by atoms with Gasteiger partial charge in [0, 0.05) is 58.1 Å². The van der Waals surface area contributed by atoms with Gasteiger partial charge in [0.25, 0.3) is 0 Å². The molecule has 0 atom stereocenters. The van der Waals surface area contributed by atoms with Crippen molar-refractivity contribution in [2.45, 2.75) is 13.3 Å². The Morgan fingerprint density at radius 3 is 2.37 bits per heavy atom. The third-order valence-electron chi connectivity index (χ3n) is 4.64. The average Bonchev–Trinajstić information content (AvgIpc) is 2.79. The fraction of sp³-hybridized carbons (Fsp3) is 0.476. The first-order chi connectivity index (χ1) is 14.3. The zero-order chi connectivity index (χ0) is 20.3. The van der Waals surface area contributed by atoms with Crippen LogP contribution in [-0.2, 0) is 0 Å². The fourth-order valence-electron chi connectivity index (χ4n) is 3.11. The van der Waals surface area contributed by atoms with Gasteiger partial charge in [-0.1, -0.05) is 0 Å². The van der Waals surface area contributed by atoms with E-state index in [-0.39, 0.29) is 24.0 Å². The maximum absolute atomic E-state index is 5.78. The molecule has 1 N–H and O–H groups in total. The minimum Gasteiger partial charge on any atom is -0.497 e. The molecule has 2 aromatic rings. The Labute approximate surface area is 195 Å². The van der Waals surface area contributed by atoms with Crippen LogP contribution in [0.4, 0.5) is 5.95 Å². The molecule has 0 bridgehead atoms. The third kappa shape index (κ3) is 7.19. The Bertz CT molecular complexity index is 752. The molecule has 0 radical (unpaired) electrons. The summed E-state index contributed by atoms with van der Waals surface area (Å²) in [6.07, 6.45) is 4.43. The van der Waals surface area contributed by atoms with Gasteiger partial charge in [-0.25, -0.2) is 9.97 Å². The quantitative estimate of drug-likeness (QED) is 0.246. The van der Waals surface area contributed by atoms with Crippen molar-refractivity contribution in [2.75, 3.05) is 57.9 Å². The summed E-state index contributed by atoms with van der Waals surface area (Å²) >= 11 is 0. The summed E-state index contributed by atoms with van der Waals surface area (Å²) in [5.41, 5.74) is 0. The predicted molar refractivity (Wildman–Crippen MR) is 130 cm³/mol. The van der Waals surface area contributed by atoms with Gasteiger partial charge in [-0.3, -0.25) is 4.99 Å². The highest BCUT2D eigenvalue weighted by Crippen LogP contribution is 2.17. The van der Waals surface area contributed by atoms with Gasteiger partial charge in [0.15, 0.2) is 5.96 Å². The van der Waals surface area contributed by atoms with Crippen molar-refractivity contribution in [1.82, 2.24) is 20.2 Å². The highest BCUT2D eigenvalue weighted by atomic mass is 127. The molecule has 3 rings (SSSR count). The molecule has 1 saturated heterocycles. The maximum Gasteiger partial charge on any atom is 0.225 e. The van der Waals surface area contributed by atoms with Crippen LogP contribution in [0.25, 0.3) is 0 Å². The minimum atomic E-state index is 0. The van der Waals surface area contributed by atoms with Gasteiger partial charge in [-0.2, -0.15) is 0 Å². The number of methoxy groups -OCH3 is 1. The molecule has 0 aliphatic carbocycles. The third-order valence-corrected chi connectivity index (χ3v) is 4.64. The number of hydrogen-bond donors (Lipinski definition) is 1. The molecule has 9 heteroatoms.